The van der Waals surface area contributed by atoms with Crippen molar-refractivity contribution in [1.82, 2.24) is 20.9 Å². The maximum atomic E-state index is 12.4. The zero-order valence-electron chi connectivity index (χ0n) is 14.4. The van der Waals surface area contributed by atoms with Crippen LogP contribution in [-0.2, 0) is 21.2 Å². The van der Waals surface area contributed by atoms with Crippen molar-refractivity contribution in [1.29, 1.82) is 0 Å². The molecule has 0 saturated carbocycles. The Bertz CT molecular complexity index is 706. The van der Waals surface area contributed by atoms with Crippen LogP contribution in [-0.4, -0.2) is 48.9 Å². The second kappa shape index (κ2) is 8.28. The number of carbonyl (C=O) groups excluding carboxylic acids is 2. The average Bonchev–Trinajstić information content (AvgIpc) is 2.89. The highest BCUT2D eigenvalue weighted by atomic mass is 32.2. The molecule has 0 aromatic carbocycles. The van der Waals surface area contributed by atoms with Gasteiger partial charge in [-0.1, -0.05) is 13.8 Å². The molecule has 3 amide bonds. The van der Waals surface area contributed by atoms with Crippen LogP contribution in [0.5, 0.6) is 0 Å². The molecular formula is C16H24N4O4S. The lowest BCUT2D eigenvalue weighted by atomic mass is 10.0. The van der Waals surface area contributed by atoms with Crippen molar-refractivity contribution in [2.45, 2.75) is 38.9 Å². The van der Waals surface area contributed by atoms with E-state index in [4.69, 9.17) is 0 Å². The highest BCUT2D eigenvalue weighted by Crippen LogP contribution is 2.11. The van der Waals surface area contributed by atoms with Crippen LogP contribution in [0.1, 0.15) is 25.8 Å². The minimum Gasteiger partial charge on any atom is -0.350 e. The first-order valence-electron chi connectivity index (χ1n) is 8.21. The molecule has 0 spiro atoms. The smallest absolute Gasteiger partial charge is 0.315 e. The predicted octanol–water partition coefficient (Wildman–Crippen LogP) is 0.209. The van der Waals surface area contributed by atoms with Gasteiger partial charge in [-0.25, -0.2) is 13.2 Å². The van der Waals surface area contributed by atoms with Crippen LogP contribution < -0.4 is 16.0 Å². The largest absolute Gasteiger partial charge is 0.350 e. The van der Waals surface area contributed by atoms with Gasteiger partial charge in [0.1, 0.15) is 6.04 Å². The summed E-state index contributed by atoms with van der Waals surface area (Å²) in [5.41, 5.74) is 0.909. The van der Waals surface area contributed by atoms with Crippen molar-refractivity contribution in [2.24, 2.45) is 5.92 Å². The molecule has 3 N–H and O–H groups in total. The van der Waals surface area contributed by atoms with Gasteiger partial charge in [-0.2, -0.15) is 0 Å². The number of nitrogens with zero attached hydrogens (tertiary/aromatic N) is 1. The van der Waals surface area contributed by atoms with Gasteiger partial charge < -0.3 is 16.0 Å². The number of aromatic nitrogens is 1. The summed E-state index contributed by atoms with van der Waals surface area (Å²) in [6.07, 6.45) is 3.68. The Balaban J connectivity index is 1.86. The Morgan fingerprint density at radius 2 is 1.96 bits per heavy atom. The van der Waals surface area contributed by atoms with Gasteiger partial charge in [0.2, 0.25) is 5.91 Å². The summed E-state index contributed by atoms with van der Waals surface area (Å²) in [6, 6.07) is 1.95. The summed E-state index contributed by atoms with van der Waals surface area (Å²) in [4.78, 5) is 28.4. The third-order valence-electron chi connectivity index (χ3n) is 4.02. The van der Waals surface area contributed by atoms with E-state index in [1.54, 1.807) is 24.5 Å². The van der Waals surface area contributed by atoms with Gasteiger partial charge in [0.05, 0.1) is 11.5 Å². The molecule has 0 unspecified atom stereocenters. The SMILES string of the molecule is CC(C)[C@H](NC(=O)N[C@@H]1CCS(=O)(=O)C1)C(=O)NCc1ccncc1. The topological polar surface area (TPSA) is 117 Å². The normalized spacial score (nSPS) is 20.0. The molecule has 1 aromatic rings. The summed E-state index contributed by atoms with van der Waals surface area (Å²) in [5, 5.41) is 8.06. The Hall–Kier alpha value is -2.16. The summed E-state index contributed by atoms with van der Waals surface area (Å²) in [7, 11) is -3.07. The molecule has 2 heterocycles. The van der Waals surface area contributed by atoms with Gasteiger partial charge in [-0.05, 0) is 30.0 Å². The van der Waals surface area contributed by atoms with Gasteiger partial charge in [0.25, 0.3) is 0 Å². The number of amides is 3. The number of rotatable bonds is 6. The molecule has 1 aliphatic heterocycles. The van der Waals surface area contributed by atoms with Gasteiger partial charge in [-0.3, -0.25) is 9.78 Å². The fourth-order valence-corrected chi connectivity index (χ4v) is 4.29. The highest BCUT2D eigenvalue weighted by molar-refractivity contribution is 7.91. The first kappa shape index (κ1) is 19.2. The summed E-state index contributed by atoms with van der Waals surface area (Å²) >= 11 is 0. The molecule has 25 heavy (non-hydrogen) atoms. The van der Waals surface area contributed by atoms with Crippen LogP contribution >= 0.6 is 0 Å². The number of pyridine rings is 1. The van der Waals surface area contributed by atoms with Gasteiger partial charge >= 0.3 is 6.03 Å². The first-order valence-corrected chi connectivity index (χ1v) is 10.0. The monoisotopic (exact) mass is 368 g/mol. The highest BCUT2D eigenvalue weighted by Gasteiger charge is 2.30. The van der Waals surface area contributed by atoms with Crippen LogP contribution in [0.2, 0.25) is 0 Å². The average molecular weight is 368 g/mol. The number of hydrogen-bond acceptors (Lipinski definition) is 5. The molecular weight excluding hydrogens is 344 g/mol. The van der Waals surface area contributed by atoms with Crippen molar-refractivity contribution in [3.05, 3.63) is 30.1 Å². The predicted molar refractivity (Wildman–Crippen MR) is 93.4 cm³/mol. The second-order valence-corrected chi connectivity index (χ2v) is 8.74. The summed E-state index contributed by atoms with van der Waals surface area (Å²) < 4.78 is 22.9. The molecule has 1 aliphatic rings. The summed E-state index contributed by atoms with van der Waals surface area (Å²) in [6.45, 7) is 4.00. The van der Waals surface area contributed by atoms with E-state index in [1.807, 2.05) is 13.8 Å². The Kier molecular flexibility index (Phi) is 6.35. The number of urea groups is 1. The molecule has 0 radical (unpaired) electrons. The van der Waals surface area contributed by atoms with E-state index in [0.717, 1.165) is 5.56 Å². The van der Waals surface area contributed by atoms with Gasteiger partial charge in [0, 0.05) is 25.0 Å². The standard InChI is InChI=1S/C16H24N4O4S/c1-11(2)14(15(21)18-9-12-3-6-17-7-4-12)20-16(22)19-13-5-8-25(23,24)10-13/h3-4,6-7,11,13-14H,5,8-10H2,1-2H3,(H,18,21)(H2,19,20,22)/t13-,14+/m1/s1. The van der Waals surface area contributed by atoms with Gasteiger partial charge in [-0.15, -0.1) is 0 Å². The molecule has 8 nitrogen and oxygen atoms in total. The molecule has 0 aliphatic carbocycles. The Morgan fingerprint density at radius 1 is 1.28 bits per heavy atom. The number of nitrogens with one attached hydrogen (secondary N) is 3. The van der Waals surface area contributed by atoms with E-state index in [2.05, 4.69) is 20.9 Å². The lowest BCUT2D eigenvalue weighted by Gasteiger charge is -2.23. The summed E-state index contributed by atoms with van der Waals surface area (Å²) in [5.74, 6) is -0.379. The van der Waals surface area contributed by atoms with Crippen LogP contribution in [0, 0.1) is 5.92 Å². The van der Waals surface area contributed by atoms with Crippen molar-refractivity contribution in [3.8, 4) is 0 Å². The van der Waals surface area contributed by atoms with E-state index in [1.165, 1.54) is 0 Å². The van der Waals surface area contributed by atoms with Crippen LogP contribution in [0.15, 0.2) is 24.5 Å². The quantitative estimate of drug-likeness (QED) is 0.663. The maximum Gasteiger partial charge on any atom is 0.315 e. The second-order valence-electron chi connectivity index (χ2n) is 6.51. The van der Waals surface area contributed by atoms with Crippen molar-refractivity contribution >= 4 is 21.8 Å². The molecule has 1 fully saturated rings. The molecule has 1 aromatic heterocycles. The lowest BCUT2D eigenvalue weighted by molar-refractivity contribution is -0.124. The number of carbonyl (C=O) groups is 2. The third kappa shape index (κ3) is 6.00. The van der Waals surface area contributed by atoms with Crippen LogP contribution in [0.25, 0.3) is 0 Å². The van der Waals surface area contributed by atoms with E-state index < -0.39 is 28.0 Å². The van der Waals surface area contributed by atoms with Crippen molar-refractivity contribution in [2.75, 3.05) is 11.5 Å². The van der Waals surface area contributed by atoms with E-state index >= 15 is 0 Å². The molecule has 2 rings (SSSR count). The first-order chi connectivity index (χ1) is 11.8. The molecule has 9 heteroatoms. The Morgan fingerprint density at radius 3 is 2.52 bits per heavy atom. The number of hydrogen-bond donors (Lipinski definition) is 3. The van der Waals surface area contributed by atoms with Crippen LogP contribution in [0.3, 0.4) is 0 Å². The van der Waals surface area contributed by atoms with Crippen molar-refractivity contribution in [3.63, 3.8) is 0 Å². The molecule has 2 atom stereocenters. The fraction of sp³-hybridized carbons (Fsp3) is 0.562. The molecule has 1 saturated heterocycles. The van der Waals surface area contributed by atoms with Crippen molar-refractivity contribution < 1.29 is 18.0 Å². The van der Waals surface area contributed by atoms with E-state index in [9.17, 15) is 18.0 Å². The molecule has 138 valence electrons. The van der Waals surface area contributed by atoms with E-state index in [0.29, 0.717) is 13.0 Å². The zero-order chi connectivity index (χ0) is 18.4. The minimum atomic E-state index is -3.07. The maximum absolute atomic E-state index is 12.4. The molecule has 0 bridgehead atoms. The van der Waals surface area contributed by atoms with E-state index in [-0.39, 0.29) is 23.3 Å². The fourth-order valence-electron chi connectivity index (χ4n) is 2.61. The third-order valence-corrected chi connectivity index (χ3v) is 5.79. The minimum absolute atomic E-state index is 0.0546. The van der Waals surface area contributed by atoms with Crippen LogP contribution in [0.4, 0.5) is 4.79 Å². The lowest BCUT2D eigenvalue weighted by Crippen LogP contribution is -2.54. The Labute approximate surface area is 147 Å². The van der Waals surface area contributed by atoms with Gasteiger partial charge in [0.15, 0.2) is 9.84 Å². The zero-order valence-corrected chi connectivity index (χ0v) is 15.2. The number of sulfone groups is 1.